The van der Waals surface area contributed by atoms with E-state index >= 15 is 0 Å². The van der Waals surface area contributed by atoms with E-state index in [1.807, 2.05) is 0 Å². The van der Waals surface area contributed by atoms with Crippen molar-refractivity contribution in [2.75, 3.05) is 19.6 Å². The summed E-state index contributed by atoms with van der Waals surface area (Å²) in [5, 5.41) is 28.3. The number of hydrogen-bond acceptors (Lipinski definition) is 6. The monoisotopic (exact) mass is 397 g/mol. The molecule has 14 heavy (non-hydrogen) atoms. The van der Waals surface area contributed by atoms with Crippen LogP contribution in [0.4, 0.5) is 0 Å². The minimum atomic E-state index is -1.54. The average molecular weight is 396 g/mol. The third-order valence-corrected chi connectivity index (χ3v) is 1.06. The summed E-state index contributed by atoms with van der Waals surface area (Å²) in [5.41, 5.74) is 0. The van der Waals surface area contributed by atoms with Gasteiger partial charge in [-0.1, -0.05) is 0 Å². The molecule has 0 unspecified atom stereocenters. The third kappa shape index (κ3) is 9.38. The van der Waals surface area contributed by atoms with E-state index in [1.54, 1.807) is 0 Å². The molecule has 0 saturated carbocycles. The fourth-order valence-corrected chi connectivity index (χ4v) is 0.724. The molecular weight excluding hydrogens is 389 g/mol. The number of hydrogen-bond donors (Lipinski definition) is 1. The van der Waals surface area contributed by atoms with Crippen molar-refractivity contribution in [3.05, 3.63) is 0 Å². The van der Waals surface area contributed by atoms with Crippen LogP contribution in [0.15, 0.2) is 0 Å². The summed E-state index contributed by atoms with van der Waals surface area (Å²) in [4.78, 5) is 30.8. The fraction of sp³-hybridized carbons (Fsp3) is 0.500. The van der Waals surface area contributed by atoms with E-state index in [-0.39, 0.29) is 27.3 Å². The second-order valence-electron chi connectivity index (χ2n) is 2.28. The van der Waals surface area contributed by atoms with Crippen LogP contribution in [0, 0.1) is 0 Å². The van der Waals surface area contributed by atoms with Gasteiger partial charge in [0.1, 0.15) is 0 Å². The van der Waals surface area contributed by atoms with Crippen LogP contribution in [0.25, 0.3) is 0 Å². The first-order valence-electron chi connectivity index (χ1n) is 3.25. The minimum Gasteiger partial charge on any atom is -0.549 e. The Morgan fingerprint density at radius 2 is 1.36 bits per heavy atom. The molecule has 0 aliphatic heterocycles. The van der Waals surface area contributed by atoms with Crippen LogP contribution in [-0.4, -0.2) is 74.8 Å². The zero-order valence-corrected chi connectivity index (χ0v) is 10.9. The van der Waals surface area contributed by atoms with Crippen molar-refractivity contribution in [2.45, 2.75) is 0 Å². The number of carboxylic acid groups (broad SMARTS) is 3. The molecule has 0 rings (SSSR count). The minimum absolute atomic E-state index is 0. The van der Waals surface area contributed by atoms with Gasteiger partial charge in [0.15, 0.2) is 0 Å². The molecule has 0 aromatic rings. The number of nitrogens with zero attached hydrogens (tertiary/aromatic N) is 1. The van der Waals surface area contributed by atoms with E-state index in [0.717, 1.165) is 0 Å². The van der Waals surface area contributed by atoms with Gasteiger partial charge in [-0.05, 0) is 0 Å². The zero-order valence-electron chi connectivity index (χ0n) is 7.06. The molecule has 0 spiro atoms. The molecule has 0 aliphatic carbocycles. The Kier molecular flexibility index (Phi) is 8.63. The van der Waals surface area contributed by atoms with E-state index < -0.39 is 37.5 Å². The molecule has 76 valence electrons. The Morgan fingerprint density at radius 1 is 1.00 bits per heavy atom. The van der Waals surface area contributed by atoms with Gasteiger partial charge in [-0.2, -0.15) is 0 Å². The Bertz CT molecular complexity index is 192. The summed E-state index contributed by atoms with van der Waals surface area (Å²) in [6, 6.07) is 0. The molecule has 1 N–H and O–H groups in total. The first-order valence-corrected chi connectivity index (χ1v) is 3.25. The van der Waals surface area contributed by atoms with E-state index in [0.29, 0.717) is 4.90 Å². The first kappa shape index (κ1) is 15.8. The molecule has 2 radical (unpaired) electrons. The molecule has 0 aromatic heterocycles. The van der Waals surface area contributed by atoms with Gasteiger partial charge in [0.05, 0.1) is 18.5 Å². The van der Waals surface area contributed by atoms with E-state index in [1.165, 1.54) is 0 Å². The van der Waals surface area contributed by atoms with Crippen molar-refractivity contribution in [2.24, 2.45) is 0 Å². The maximum absolute atomic E-state index is 10.1. The summed E-state index contributed by atoms with van der Waals surface area (Å²) in [5.74, 6) is -4.40. The largest absolute Gasteiger partial charge is 2.00 e. The van der Waals surface area contributed by atoms with Crippen molar-refractivity contribution in [3.63, 3.8) is 0 Å². The number of carboxylic acids is 3. The number of rotatable bonds is 6. The molecule has 0 bridgehead atoms. The number of carbonyl (C=O) groups excluding carboxylic acids is 2. The van der Waals surface area contributed by atoms with Crippen molar-refractivity contribution in [1.82, 2.24) is 4.90 Å². The molecule has 0 aliphatic rings. The Hall–Kier alpha value is -0.708. The van der Waals surface area contributed by atoms with E-state index in [9.17, 15) is 24.6 Å². The van der Waals surface area contributed by atoms with Gasteiger partial charge in [0.2, 0.25) is 0 Å². The van der Waals surface area contributed by atoms with Gasteiger partial charge in [-0.3, -0.25) is 9.69 Å². The van der Waals surface area contributed by atoms with Crippen LogP contribution in [-0.2, 0) is 14.4 Å². The van der Waals surface area contributed by atoms with Crippen molar-refractivity contribution >= 4 is 45.2 Å². The Morgan fingerprint density at radius 3 is 1.57 bits per heavy atom. The van der Waals surface area contributed by atoms with Crippen LogP contribution < -0.4 is 10.2 Å². The fourth-order valence-electron chi connectivity index (χ4n) is 0.724. The maximum atomic E-state index is 10.1. The van der Waals surface area contributed by atoms with Crippen LogP contribution >= 0.6 is 0 Å². The standard InChI is InChI=1S/C6H9NO6.Pb/c8-4(9)1-7(2-5(10)11)3-6(12)13;/h1-3H2,(H,8,9)(H,10,11)(H,12,13);/q;+2/p-2. The van der Waals surface area contributed by atoms with E-state index in [4.69, 9.17) is 5.11 Å². The Balaban J connectivity index is 0. The quantitative estimate of drug-likeness (QED) is 0.449. The smallest absolute Gasteiger partial charge is 0.549 e. The molecule has 0 amide bonds. The predicted molar refractivity (Wildman–Crippen MR) is 39.8 cm³/mol. The molecule has 7 nitrogen and oxygen atoms in total. The summed E-state index contributed by atoms with van der Waals surface area (Å²) in [7, 11) is 0. The van der Waals surface area contributed by atoms with Gasteiger partial charge in [-0.15, -0.1) is 0 Å². The van der Waals surface area contributed by atoms with E-state index in [2.05, 4.69) is 0 Å². The van der Waals surface area contributed by atoms with Crippen molar-refractivity contribution in [3.8, 4) is 0 Å². The second kappa shape index (κ2) is 7.67. The number of aliphatic carboxylic acids is 3. The average Bonchev–Trinajstić information content (AvgIpc) is 1.80. The van der Waals surface area contributed by atoms with Gasteiger partial charge < -0.3 is 24.9 Å². The van der Waals surface area contributed by atoms with Crippen LogP contribution in [0.5, 0.6) is 0 Å². The topological polar surface area (TPSA) is 121 Å². The molecule has 0 aromatic carbocycles. The van der Waals surface area contributed by atoms with Crippen LogP contribution in [0.2, 0.25) is 0 Å². The second-order valence-corrected chi connectivity index (χ2v) is 2.28. The Labute approximate surface area is 99.5 Å². The normalized spacial score (nSPS) is 9.21. The molecule has 0 atom stereocenters. The van der Waals surface area contributed by atoms with Gasteiger partial charge in [-0.25, -0.2) is 0 Å². The van der Waals surface area contributed by atoms with Crippen molar-refractivity contribution < 1.29 is 29.7 Å². The van der Waals surface area contributed by atoms with Crippen LogP contribution in [0.3, 0.4) is 0 Å². The third-order valence-electron chi connectivity index (χ3n) is 1.06. The molecule has 8 heteroatoms. The molecule has 0 fully saturated rings. The molecular formula is C6H7NO6Pb. The summed E-state index contributed by atoms with van der Waals surface area (Å²) >= 11 is 0. The SMILES string of the molecule is O=C([O-])CN(CC(=O)[O-])CC(=O)O.[Pb+2]. The molecule has 0 heterocycles. The van der Waals surface area contributed by atoms with Gasteiger partial charge in [0.25, 0.3) is 0 Å². The maximum Gasteiger partial charge on any atom is 2.00 e. The summed E-state index contributed by atoms with van der Waals surface area (Å²) in [6.45, 7) is -2.18. The summed E-state index contributed by atoms with van der Waals surface area (Å²) in [6.07, 6.45) is 0. The predicted octanol–water partition coefficient (Wildman–Crippen LogP) is -4.51. The molecule has 0 saturated heterocycles. The van der Waals surface area contributed by atoms with Gasteiger partial charge in [0, 0.05) is 13.1 Å². The van der Waals surface area contributed by atoms with Crippen molar-refractivity contribution in [1.29, 1.82) is 0 Å². The summed E-state index contributed by atoms with van der Waals surface area (Å²) < 4.78 is 0. The van der Waals surface area contributed by atoms with Gasteiger partial charge >= 0.3 is 33.3 Å². The van der Waals surface area contributed by atoms with Crippen LogP contribution in [0.1, 0.15) is 0 Å². The zero-order chi connectivity index (χ0) is 10.4. The first-order chi connectivity index (χ1) is 5.91. The number of carbonyl (C=O) groups is 3.